The molecule has 3 aliphatic rings. The van der Waals surface area contributed by atoms with Gasteiger partial charge in [-0.05, 0) is 36.8 Å². The maximum atomic E-state index is 13.2. The lowest BCUT2D eigenvalue weighted by Gasteiger charge is -2.33. The van der Waals surface area contributed by atoms with Crippen LogP contribution in [0.15, 0.2) is 18.3 Å². The highest BCUT2D eigenvalue weighted by atomic mass is 19.4. The lowest BCUT2D eigenvalue weighted by Crippen LogP contribution is -2.43. The van der Waals surface area contributed by atoms with E-state index in [1.165, 1.54) is 10.9 Å². The van der Waals surface area contributed by atoms with Crippen molar-refractivity contribution >= 4 is 5.82 Å². The first kappa shape index (κ1) is 22.3. The van der Waals surface area contributed by atoms with Crippen LogP contribution in [0.25, 0.3) is 11.3 Å². The van der Waals surface area contributed by atoms with Gasteiger partial charge in [0.1, 0.15) is 6.54 Å². The smallest absolute Gasteiger partial charge is 0.402 e. The van der Waals surface area contributed by atoms with Crippen LogP contribution in [0.1, 0.15) is 24.5 Å². The summed E-state index contributed by atoms with van der Waals surface area (Å²) in [5, 5.41) is 4.28. The third-order valence-electron chi connectivity index (χ3n) is 6.85. The summed E-state index contributed by atoms with van der Waals surface area (Å²) in [4.78, 5) is 6.20. The van der Waals surface area contributed by atoms with Gasteiger partial charge in [0.2, 0.25) is 0 Å². The van der Waals surface area contributed by atoms with Gasteiger partial charge in [0.05, 0.1) is 18.9 Å². The van der Waals surface area contributed by atoms with Crippen LogP contribution in [-0.4, -0.2) is 64.8 Å². The van der Waals surface area contributed by atoms with Gasteiger partial charge in [-0.2, -0.15) is 5.10 Å². The summed E-state index contributed by atoms with van der Waals surface area (Å²) in [7, 11) is 0. The first-order valence-electron chi connectivity index (χ1n) is 10.9. The molecule has 33 heavy (non-hydrogen) atoms. The number of hydrogen-bond acceptors (Lipinski definition) is 6. The summed E-state index contributed by atoms with van der Waals surface area (Å²) in [5.41, 5.74) is 6.67. The van der Waals surface area contributed by atoms with E-state index in [2.05, 4.69) is 19.7 Å². The zero-order chi connectivity index (χ0) is 23.3. The number of nitrogen functional groups attached to an aromatic ring is 1. The number of hydrogen-bond donors (Lipinski definition) is 1. The zero-order valence-electron chi connectivity index (χ0n) is 17.6. The van der Waals surface area contributed by atoms with Gasteiger partial charge < -0.3 is 15.2 Å². The van der Waals surface area contributed by atoms with E-state index >= 15 is 0 Å². The van der Waals surface area contributed by atoms with Gasteiger partial charge in [-0.1, -0.05) is 0 Å². The van der Waals surface area contributed by atoms with Gasteiger partial charge in [0, 0.05) is 42.5 Å². The normalized spacial score (nSPS) is 27.7. The van der Waals surface area contributed by atoms with Gasteiger partial charge in [0.25, 0.3) is 6.43 Å². The molecule has 2 N–H and O–H groups in total. The Hall–Kier alpha value is -2.47. The largest absolute Gasteiger partial charge is 0.573 e. The SMILES string of the molecule is Nc1ncc(-c2cc([C@H]3[C@@H]4CC(N5CCOCC5)C[C@@H]43)n(CC(F)F)n2)cc1OC(F)(F)F. The van der Waals surface area contributed by atoms with E-state index in [-0.39, 0.29) is 17.2 Å². The molecule has 0 radical (unpaired) electrons. The average Bonchev–Trinajstić information content (AvgIpc) is 3.09. The summed E-state index contributed by atoms with van der Waals surface area (Å²) in [5.74, 6) is -0.161. The van der Waals surface area contributed by atoms with Crippen LogP contribution in [-0.2, 0) is 11.3 Å². The molecule has 4 atom stereocenters. The van der Waals surface area contributed by atoms with Crippen molar-refractivity contribution in [1.29, 1.82) is 0 Å². The maximum Gasteiger partial charge on any atom is 0.573 e. The zero-order valence-corrected chi connectivity index (χ0v) is 17.6. The molecule has 2 aromatic rings. The molecular weight excluding hydrogens is 449 g/mol. The van der Waals surface area contributed by atoms with E-state index in [4.69, 9.17) is 10.5 Å². The number of aromatic nitrogens is 3. The van der Waals surface area contributed by atoms with E-state index in [9.17, 15) is 22.0 Å². The topological polar surface area (TPSA) is 78.4 Å². The van der Waals surface area contributed by atoms with Gasteiger partial charge in [-0.3, -0.25) is 9.58 Å². The third kappa shape index (κ3) is 4.63. The number of nitrogens with two attached hydrogens (primary N) is 1. The Morgan fingerprint density at radius 3 is 2.48 bits per heavy atom. The van der Waals surface area contributed by atoms with Crippen molar-refractivity contribution < 1.29 is 31.4 Å². The number of pyridine rings is 1. The molecule has 0 spiro atoms. The molecule has 0 aromatic carbocycles. The highest BCUT2D eigenvalue weighted by Gasteiger charge is 2.58. The third-order valence-corrected chi connectivity index (χ3v) is 6.85. The lowest BCUT2D eigenvalue weighted by molar-refractivity contribution is -0.274. The predicted octanol–water partition coefficient (Wildman–Crippen LogP) is 3.52. The summed E-state index contributed by atoms with van der Waals surface area (Å²) in [6.07, 6.45) is -4.28. The number of morpholine rings is 1. The molecule has 1 saturated heterocycles. The minimum Gasteiger partial charge on any atom is -0.402 e. The van der Waals surface area contributed by atoms with Crippen LogP contribution in [0.5, 0.6) is 5.75 Å². The van der Waals surface area contributed by atoms with Crippen LogP contribution < -0.4 is 10.5 Å². The first-order valence-corrected chi connectivity index (χ1v) is 10.9. The number of ether oxygens (including phenoxy) is 2. The summed E-state index contributed by atoms with van der Waals surface area (Å²) in [6, 6.07) is 3.24. The van der Waals surface area contributed by atoms with E-state index in [1.807, 2.05) is 0 Å². The molecule has 180 valence electrons. The first-order chi connectivity index (χ1) is 15.7. The molecule has 2 saturated carbocycles. The van der Waals surface area contributed by atoms with E-state index < -0.39 is 30.9 Å². The second-order valence-electron chi connectivity index (χ2n) is 8.81. The van der Waals surface area contributed by atoms with Crippen LogP contribution in [0.4, 0.5) is 27.8 Å². The minimum atomic E-state index is -4.93. The minimum absolute atomic E-state index is 0.120. The second-order valence-corrected chi connectivity index (χ2v) is 8.81. The Morgan fingerprint density at radius 1 is 1.15 bits per heavy atom. The molecular formula is C21H24F5N5O2. The van der Waals surface area contributed by atoms with E-state index in [0.717, 1.165) is 45.2 Å². The Morgan fingerprint density at radius 2 is 1.85 bits per heavy atom. The highest BCUT2D eigenvalue weighted by molar-refractivity contribution is 5.64. The Labute approximate surface area is 186 Å². The highest BCUT2D eigenvalue weighted by Crippen LogP contribution is 2.64. The molecule has 3 heterocycles. The average molecular weight is 473 g/mol. The second kappa shape index (κ2) is 8.39. The molecule has 3 fully saturated rings. The molecule has 5 rings (SSSR count). The van der Waals surface area contributed by atoms with Gasteiger partial charge in [0.15, 0.2) is 11.6 Å². The van der Waals surface area contributed by atoms with E-state index in [1.54, 1.807) is 6.07 Å². The molecule has 2 aromatic heterocycles. The molecule has 7 nitrogen and oxygen atoms in total. The van der Waals surface area contributed by atoms with Crippen LogP contribution in [0.3, 0.4) is 0 Å². The van der Waals surface area contributed by atoms with E-state index in [0.29, 0.717) is 23.6 Å². The quantitative estimate of drug-likeness (QED) is 0.647. The number of rotatable bonds is 6. The molecule has 1 unspecified atom stereocenters. The maximum absolute atomic E-state index is 13.2. The van der Waals surface area contributed by atoms with Gasteiger partial charge >= 0.3 is 6.36 Å². The summed E-state index contributed by atoms with van der Waals surface area (Å²) >= 11 is 0. The fourth-order valence-electron chi connectivity index (χ4n) is 5.41. The standard InChI is InChI=1S/C21H24F5N5O2/c22-18(23)10-31-16(19-13-6-12(7-14(13)19)30-1-3-32-4-2-30)8-15(29-31)11-5-17(20(27)28-9-11)33-21(24,25)26/h5,8-9,12-14,18-19H,1-4,6-7,10H2,(H2,27,28)/t12?,13-,14+,19+. The van der Waals surface area contributed by atoms with Crippen molar-refractivity contribution in [1.82, 2.24) is 19.7 Å². The number of halogens is 5. The molecule has 0 bridgehead atoms. The molecule has 1 aliphatic heterocycles. The van der Waals surface area contributed by atoms with Crippen molar-refractivity contribution in [3.8, 4) is 17.0 Å². The number of anilines is 1. The number of alkyl halides is 5. The monoisotopic (exact) mass is 473 g/mol. The van der Waals surface area contributed by atoms with Crippen molar-refractivity contribution in [3.05, 3.63) is 24.0 Å². The molecule has 0 amide bonds. The molecule has 12 heteroatoms. The van der Waals surface area contributed by atoms with Crippen molar-refractivity contribution in [3.63, 3.8) is 0 Å². The summed E-state index contributed by atoms with van der Waals surface area (Å²) in [6.45, 7) is 2.71. The number of nitrogens with zero attached hydrogens (tertiary/aromatic N) is 4. The fourth-order valence-corrected chi connectivity index (χ4v) is 5.41. The van der Waals surface area contributed by atoms with Crippen LogP contribution >= 0.6 is 0 Å². The summed E-state index contributed by atoms with van der Waals surface area (Å²) < 4.78 is 75.1. The Balaban J connectivity index is 1.37. The van der Waals surface area contributed by atoms with Crippen molar-refractivity contribution in [2.24, 2.45) is 11.8 Å². The predicted molar refractivity (Wildman–Crippen MR) is 108 cm³/mol. The van der Waals surface area contributed by atoms with Gasteiger partial charge in [-0.25, -0.2) is 13.8 Å². The van der Waals surface area contributed by atoms with Crippen molar-refractivity contribution in [2.45, 2.75) is 44.1 Å². The van der Waals surface area contributed by atoms with Crippen LogP contribution in [0, 0.1) is 11.8 Å². The molecule has 2 aliphatic carbocycles. The lowest BCUT2D eigenvalue weighted by atomic mass is 10.0. The Kier molecular flexibility index (Phi) is 5.68. The fraction of sp³-hybridized carbons (Fsp3) is 0.619. The van der Waals surface area contributed by atoms with Crippen LogP contribution in [0.2, 0.25) is 0 Å². The Bertz CT molecular complexity index is 995. The number of fused-ring (bicyclic) bond motifs is 1. The van der Waals surface area contributed by atoms with Gasteiger partial charge in [-0.15, -0.1) is 13.2 Å². The van der Waals surface area contributed by atoms with Crippen molar-refractivity contribution in [2.75, 3.05) is 32.0 Å².